The summed E-state index contributed by atoms with van der Waals surface area (Å²) in [6, 6.07) is 10.7. The first-order valence-electron chi connectivity index (χ1n) is 7.72. The summed E-state index contributed by atoms with van der Waals surface area (Å²) in [5, 5.41) is 12.5. The maximum atomic E-state index is 4.62. The molecule has 5 heteroatoms. The van der Waals surface area contributed by atoms with Gasteiger partial charge in [0.1, 0.15) is 0 Å². The fraction of sp³-hybridized carbons (Fsp3) is 0.500. The summed E-state index contributed by atoms with van der Waals surface area (Å²) in [6.07, 6.45) is 1.89. The van der Waals surface area contributed by atoms with Crippen LogP contribution in [0.1, 0.15) is 12.6 Å². The molecule has 3 heterocycles. The molecule has 21 heavy (non-hydrogen) atoms. The van der Waals surface area contributed by atoms with Gasteiger partial charge in [0.15, 0.2) is 0 Å². The van der Waals surface area contributed by atoms with E-state index in [9.17, 15) is 0 Å². The van der Waals surface area contributed by atoms with Gasteiger partial charge in [-0.25, -0.2) is 0 Å². The van der Waals surface area contributed by atoms with E-state index in [-0.39, 0.29) is 0 Å². The molecule has 1 aromatic heterocycles. The molecule has 3 atom stereocenters. The lowest BCUT2D eigenvalue weighted by molar-refractivity contribution is 0.228. The monoisotopic (exact) mass is 283 g/mol. The fourth-order valence-corrected chi connectivity index (χ4v) is 3.73. The van der Waals surface area contributed by atoms with Crippen LogP contribution in [0.5, 0.6) is 0 Å². The number of likely N-dealkylation sites (tertiary alicyclic amines) is 1. The highest BCUT2D eigenvalue weighted by Crippen LogP contribution is 2.32. The van der Waals surface area contributed by atoms with E-state index in [1.807, 2.05) is 36.5 Å². The zero-order valence-corrected chi connectivity index (χ0v) is 12.3. The van der Waals surface area contributed by atoms with Gasteiger partial charge in [-0.3, -0.25) is 4.90 Å². The molecule has 0 aliphatic carbocycles. The number of aromatic nitrogens is 3. The third kappa shape index (κ3) is 2.36. The highest BCUT2D eigenvalue weighted by Gasteiger charge is 2.41. The number of hydrogen-bond acceptors (Lipinski definition) is 4. The lowest BCUT2D eigenvalue weighted by atomic mass is 9.95. The van der Waals surface area contributed by atoms with Gasteiger partial charge in [0, 0.05) is 19.1 Å². The van der Waals surface area contributed by atoms with Crippen molar-refractivity contribution < 1.29 is 0 Å². The molecule has 4 rings (SSSR count). The predicted octanol–water partition coefficient (Wildman–Crippen LogP) is 1.31. The Labute approximate surface area is 125 Å². The van der Waals surface area contributed by atoms with Crippen LogP contribution >= 0.6 is 0 Å². The van der Waals surface area contributed by atoms with Gasteiger partial charge < -0.3 is 5.32 Å². The fourth-order valence-electron chi connectivity index (χ4n) is 3.73. The Kier molecular flexibility index (Phi) is 3.24. The number of nitrogens with one attached hydrogen (secondary N) is 1. The highest BCUT2D eigenvalue weighted by atomic mass is 15.5. The summed E-state index contributed by atoms with van der Waals surface area (Å²) < 4.78 is 0. The molecule has 3 unspecified atom stereocenters. The van der Waals surface area contributed by atoms with Crippen LogP contribution in [0.2, 0.25) is 0 Å². The van der Waals surface area contributed by atoms with E-state index in [0.29, 0.717) is 6.04 Å². The Morgan fingerprint density at radius 3 is 2.90 bits per heavy atom. The van der Waals surface area contributed by atoms with Crippen molar-refractivity contribution in [2.24, 2.45) is 11.8 Å². The van der Waals surface area contributed by atoms with Gasteiger partial charge >= 0.3 is 0 Å². The van der Waals surface area contributed by atoms with Crippen molar-refractivity contribution in [2.75, 3.05) is 19.6 Å². The number of hydrogen-bond donors (Lipinski definition) is 1. The van der Waals surface area contributed by atoms with Crippen molar-refractivity contribution in [3.63, 3.8) is 0 Å². The van der Waals surface area contributed by atoms with Crippen molar-refractivity contribution in [3.8, 4) is 5.69 Å². The van der Waals surface area contributed by atoms with E-state index in [4.69, 9.17) is 0 Å². The largest absolute Gasteiger partial charge is 0.316 e. The summed E-state index contributed by atoms with van der Waals surface area (Å²) in [5.74, 6) is 1.61. The van der Waals surface area contributed by atoms with Crippen molar-refractivity contribution in [1.82, 2.24) is 25.2 Å². The molecule has 2 saturated heterocycles. The Bertz CT molecular complexity index is 608. The van der Waals surface area contributed by atoms with Crippen LogP contribution in [0, 0.1) is 11.8 Å². The van der Waals surface area contributed by atoms with E-state index in [2.05, 4.69) is 27.3 Å². The van der Waals surface area contributed by atoms with Crippen LogP contribution in [0.15, 0.2) is 36.5 Å². The molecule has 0 saturated carbocycles. The number of rotatable bonds is 3. The quantitative estimate of drug-likeness (QED) is 0.922. The zero-order chi connectivity index (χ0) is 14.2. The summed E-state index contributed by atoms with van der Waals surface area (Å²) in [6.45, 7) is 6.76. The Balaban J connectivity index is 1.48. The first kappa shape index (κ1) is 13.0. The second-order valence-electron chi connectivity index (χ2n) is 6.21. The molecule has 5 nitrogen and oxygen atoms in total. The molecular formula is C16H21N5. The van der Waals surface area contributed by atoms with Gasteiger partial charge in [0.05, 0.1) is 17.6 Å². The van der Waals surface area contributed by atoms with Gasteiger partial charge in [-0.1, -0.05) is 18.2 Å². The Hall–Kier alpha value is -1.72. The minimum Gasteiger partial charge on any atom is -0.316 e. The number of nitrogens with zero attached hydrogens (tertiary/aromatic N) is 4. The number of benzene rings is 1. The predicted molar refractivity (Wildman–Crippen MR) is 81.1 cm³/mol. The second-order valence-corrected chi connectivity index (χ2v) is 6.21. The first-order chi connectivity index (χ1) is 10.3. The summed E-state index contributed by atoms with van der Waals surface area (Å²) in [5.41, 5.74) is 2.07. The van der Waals surface area contributed by atoms with Crippen molar-refractivity contribution >= 4 is 0 Å². The van der Waals surface area contributed by atoms with Gasteiger partial charge in [0.25, 0.3) is 0 Å². The van der Waals surface area contributed by atoms with Crippen LogP contribution in [-0.2, 0) is 6.54 Å². The molecule has 0 spiro atoms. The molecular weight excluding hydrogens is 262 g/mol. The summed E-state index contributed by atoms with van der Waals surface area (Å²) in [4.78, 5) is 4.27. The van der Waals surface area contributed by atoms with E-state index < -0.39 is 0 Å². The van der Waals surface area contributed by atoms with Gasteiger partial charge in [-0.05, 0) is 44.0 Å². The van der Waals surface area contributed by atoms with E-state index >= 15 is 0 Å². The molecule has 2 fully saturated rings. The lowest BCUT2D eigenvalue weighted by Gasteiger charge is -2.22. The normalized spacial score (nSPS) is 28.9. The van der Waals surface area contributed by atoms with Crippen LogP contribution in [0.4, 0.5) is 0 Å². The molecule has 2 aliphatic heterocycles. The van der Waals surface area contributed by atoms with Crippen LogP contribution in [0.3, 0.4) is 0 Å². The van der Waals surface area contributed by atoms with Crippen LogP contribution in [-0.4, -0.2) is 45.6 Å². The Morgan fingerprint density at radius 1 is 1.24 bits per heavy atom. The molecule has 1 aromatic carbocycles. The van der Waals surface area contributed by atoms with Gasteiger partial charge in [-0.15, -0.1) is 0 Å². The van der Waals surface area contributed by atoms with Gasteiger partial charge in [0.2, 0.25) is 0 Å². The standard InChI is InChI=1S/C16H21N5/c1-12-16-9-17-7-13(16)10-20(12)11-14-8-18-21(19-14)15-5-3-2-4-6-15/h2-6,8,12-13,16-17H,7,9-11H2,1H3. The van der Waals surface area contributed by atoms with Crippen LogP contribution in [0.25, 0.3) is 5.69 Å². The molecule has 0 radical (unpaired) electrons. The van der Waals surface area contributed by atoms with E-state index in [0.717, 1.165) is 29.8 Å². The van der Waals surface area contributed by atoms with E-state index in [1.165, 1.54) is 19.6 Å². The minimum absolute atomic E-state index is 0.631. The second kappa shape index (κ2) is 5.24. The summed E-state index contributed by atoms with van der Waals surface area (Å²) >= 11 is 0. The topological polar surface area (TPSA) is 46.0 Å². The smallest absolute Gasteiger partial charge is 0.0971 e. The lowest BCUT2D eigenvalue weighted by Crippen LogP contribution is -2.32. The average Bonchev–Trinajstić information content (AvgIpc) is 3.21. The number of para-hydroxylation sites is 1. The number of fused-ring (bicyclic) bond motifs is 1. The maximum absolute atomic E-state index is 4.62. The average molecular weight is 283 g/mol. The highest BCUT2D eigenvalue weighted by molar-refractivity contribution is 5.28. The third-order valence-electron chi connectivity index (χ3n) is 4.95. The molecule has 0 bridgehead atoms. The van der Waals surface area contributed by atoms with Crippen LogP contribution < -0.4 is 5.32 Å². The SMILES string of the molecule is CC1C2CNCC2CN1Cc1cnn(-c2ccccc2)n1. The molecule has 0 amide bonds. The molecule has 2 aliphatic rings. The first-order valence-corrected chi connectivity index (χ1v) is 7.72. The maximum Gasteiger partial charge on any atom is 0.0971 e. The Morgan fingerprint density at radius 2 is 2.10 bits per heavy atom. The van der Waals surface area contributed by atoms with Crippen molar-refractivity contribution in [2.45, 2.75) is 19.5 Å². The van der Waals surface area contributed by atoms with Crippen molar-refractivity contribution in [1.29, 1.82) is 0 Å². The molecule has 110 valence electrons. The summed E-state index contributed by atoms with van der Waals surface area (Å²) in [7, 11) is 0. The molecule has 1 N–H and O–H groups in total. The third-order valence-corrected chi connectivity index (χ3v) is 4.95. The molecule has 2 aromatic rings. The van der Waals surface area contributed by atoms with Crippen molar-refractivity contribution in [3.05, 3.63) is 42.2 Å². The van der Waals surface area contributed by atoms with E-state index in [1.54, 1.807) is 4.80 Å². The minimum atomic E-state index is 0.631. The van der Waals surface area contributed by atoms with Gasteiger partial charge in [-0.2, -0.15) is 15.0 Å². The zero-order valence-electron chi connectivity index (χ0n) is 12.3.